The quantitative estimate of drug-likeness (QED) is 0.173. The first-order valence-corrected chi connectivity index (χ1v) is 12.7. The summed E-state index contributed by atoms with van der Waals surface area (Å²) in [5, 5.41) is 82.0. The van der Waals surface area contributed by atoms with E-state index in [2.05, 4.69) is 0 Å². The predicted molar refractivity (Wildman–Crippen MR) is 137 cm³/mol. The maximum Gasteiger partial charge on any atom is 0.197 e. The van der Waals surface area contributed by atoms with Gasteiger partial charge >= 0.3 is 0 Å². The van der Waals surface area contributed by atoms with Gasteiger partial charge in [0, 0.05) is 17.7 Å². The van der Waals surface area contributed by atoms with E-state index in [-0.39, 0.29) is 33.8 Å². The molecule has 2 fully saturated rings. The second-order valence-electron chi connectivity index (χ2n) is 9.85. The molecule has 0 saturated carbocycles. The van der Waals surface area contributed by atoms with Gasteiger partial charge in [0.15, 0.2) is 11.7 Å². The first kappa shape index (κ1) is 29.2. The first-order valence-electron chi connectivity index (χ1n) is 12.7. The standard InChI is InChI=1S/C27H30O14/c1-37-15-7-16-18(12(30)6-14(39-16)10-2-4-11(29)5-3-10)22(34)19(15)25-26(20(32)13(31)9-38-25)41-27-24(36)23(35)21(33)17(8-28)40-27/h2-7,13,17,20-21,23-29,31-36H,8-9H2,1H3/t13-,17-,20-,21-,23+,24-,25-,26-,27+/m1/s1. The van der Waals surface area contributed by atoms with E-state index in [4.69, 9.17) is 23.4 Å². The zero-order valence-corrected chi connectivity index (χ0v) is 21.6. The molecule has 2 aromatic carbocycles. The van der Waals surface area contributed by atoms with Crippen LogP contribution in [0.1, 0.15) is 11.7 Å². The third-order valence-electron chi connectivity index (χ3n) is 7.27. The number of fused-ring (bicyclic) bond motifs is 1. The van der Waals surface area contributed by atoms with Gasteiger partial charge in [-0.3, -0.25) is 4.79 Å². The van der Waals surface area contributed by atoms with Crippen molar-refractivity contribution >= 4 is 11.0 Å². The smallest absolute Gasteiger partial charge is 0.197 e. The molecule has 1 aromatic heterocycles. The number of phenolic OH excluding ortho intramolecular Hbond substituents is 2. The molecule has 2 aliphatic rings. The van der Waals surface area contributed by atoms with Crippen molar-refractivity contribution in [2.24, 2.45) is 0 Å². The molecule has 2 saturated heterocycles. The van der Waals surface area contributed by atoms with E-state index in [1.54, 1.807) is 0 Å². The number of ether oxygens (including phenoxy) is 4. The summed E-state index contributed by atoms with van der Waals surface area (Å²) >= 11 is 0. The van der Waals surface area contributed by atoms with Crippen molar-refractivity contribution in [3.63, 3.8) is 0 Å². The van der Waals surface area contributed by atoms with Gasteiger partial charge in [-0.25, -0.2) is 0 Å². The average molecular weight is 579 g/mol. The highest BCUT2D eigenvalue weighted by Crippen LogP contribution is 2.45. The van der Waals surface area contributed by atoms with Crippen LogP contribution >= 0.6 is 0 Å². The van der Waals surface area contributed by atoms with Crippen LogP contribution in [0.5, 0.6) is 17.2 Å². The summed E-state index contributed by atoms with van der Waals surface area (Å²) < 4.78 is 28.2. The molecule has 0 aliphatic carbocycles. The summed E-state index contributed by atoms with van der Waals surface area (Å²) in [4.78, 5) is 13.2. The van der Waals surface area contributed by atoms with Gasteiger partial charge in [0.25, 0.3) is 0 Å². The SMILES string of the molecule is COc1cc2oc(-c3ccc(O)cc3)cc(=O)c2c(O)c1[C@H]1OC[C@@H](O)[C@@H](O)[C@H]1O[C@@H]1O[C@H](CO)[C@@H](O)[C@H](O)[C@H]1O. The number of phenols is 2. The summed E-state index contributed by atoms with van der Waals surface area (Å²) in [6, 6.07) is 8.37. The number of aliphatic hydroxyl groups excluding tert-OH is 6. The topological polar surface area (TPSA) is 229 Å². The van der Waals surface area contributed by atoms with Crippen molar-refractivity contribution in [2.45, 2.75) is 55.1 Å². The van der Waals surface area contributed by atoms with Gasteiger partial charge in [-0.15, -0.1) is 0 Å². The molecule has 9 atom stereocenters. The second kappa shape index (κ2) is 11.5. The Hall–Kier alpha value is -3.31. The van der Waals surface area contributed by atoms with Crippen molar-refractivity contribution in [3.8, 4) is 28.6 Å². The van der Waals surface area contributed by atoms with Crippen LogP contribution < -0.4 is 10.2 Å². The number of hydrogen-bond donors (Lipinski definition) is 8. The fraction of sp³-hybridized carbons (Fsp3) is 0.444. The Morgan fingerprint density at radius 3 is 2.32 bits per heavy atom. The number of hydrogen-bond acceptors (Lipinski definition) is 14. The van der Waals surface area contributed by atoms with Gasteiger partial charge < -0.3 is 64.2 Å². The van der Waals surface area contributed by atoms with E-state index in [0.717, 1.165) is 6.07 Å². The molecule has 14 heteroatoms. The summed E-state index contributed by atoms with van der Waals surface area (Å²) in [7, 11) is 1.27. The molecule has 222 valence electrons. The second-order valence-corrected chi connectivity index (χ2v) is 9.85. The van der Waals surface area contributed by atoms with E-state index in [9.17, 15) is 45.6 Å². The highest BCUT2D eigenvalue weighted by molar-refractivity contribution is 5.88. The van der Waals surface area contributed by atoms with E-state index in [1.165, 1.54) is 37.4 Å². The van der Waals surface area contributed by atoms with E-state index < -0.39 is 79.5 Å². The lowest BCUT2D eigenvalue weighted by molar-refractivity contribution is -0.336. The van der Waals surface area contributed by atoms with Crippen molar-refractivity contribution in [2.75, 3.05) is 20.3 Å². The van der Waals surface area contributed by atoms with Gasteiger partial charge in [-0.2, -0.15) is 0 Å². The number of aliphatic hydroxyl groups is 6. The largest absolute Gasteiger partial charge is 0.508 e. The summed E-state index contributed by atoms with van der Waals surface area (Å²) in [5.74, 6) is -0.507. The minimum Gasteiger partial charge on any atom is -0.508 e. The average Bonchev–Trinajstić information content (AvgIpc) is 2.96. The molecule has 0 unspecified atom stereocenters. The van der Waals surface area contributed by atoms with E-state index in [0.29, 0.717) is 5.56 Å². The normalized spacial score (nSPS) is 32.2. The van der Waals surface area contributed by atoms with Crippen LogP contribution in [-0.4, -0.2) is 110 Å². The third kappa shape index (κ3) is 5.25. The van der Waals surface area contributed by atoms with Gasteiger partial charge in [-0.05, 0) is 24.3 Å². The predicted octanol–water partition coefficient (Wildman–Crippen LogP) is -1.14. The van der Waals surface area contributed by atoms with Crippen molar-refractivity contribution in [1.29, 1.82) is 0 Å². The van der Waals surface area contributed by atoms with Crippen molar-refractivity contribution < 1.29 is 64.2 Å². The lowest BCUT2D eigenvalue weighted by Gasteiger charge is -2.44. The molecule has 3 aromatic rings. The Labute approximate surface area is 231 Å². The monoisotopic (exact) mass is 578 g/mol. The van der Waals surface area contributed by atoms with Gasteiger partial charge in [-0.1, -0.05) is 0 Å². The van der Waals surface area contributed by atoms with E-state index in [1.807, 2.05) is 0 Å². The molecule has 5 rings (SSSR count). The van der Waals surface area contributed by atoms with Gasteiger partial charge in [0.1, 0.15) is 82.8 Å². The molecule has 3 heterocycles. The lowest BCUT2D eigenvalue weighted by Crippen LogP contribution is -2.61. The highest BCUT2D eigenvalue weighted by Gasteiger charge is 2.49. The summed E-state index contributed by atoms with van der Waals surface area (Å²) in [5.41, 5.74) is -0.365. The molecule has 8 N–H and O–H groups in total. The molecular formula is C27H30O14. The van der Waals surface area contributed by atoms with Crippen LogP contribution in [0.15, 0.2) is 45.6 Å². The molecule has 0 radical (unpaired) electrons. The van der Waals surface area contributed by atoms with Crippen molar-refractivity contribution in [1.82, 2.24) is 0 Å². The molecule has 0 amide bonds. The Morgan fingerprint density at radius 1 is 0.951 bits per heavy atom. The highest BCUT2D eigenvalue weighted by atomic mass is 16.7. The fourth-order valence-electron chi connectivity index (χ4n) is 5.03. The molecule has 2 aliphatic heterocycles. The van der Waals surface area contributed by atoms with Crippen LogP contribution in [-0.2, 0) is 14.2 Å². The van der Waals surface area contributed by atoms with Crippen LogP contribution in [0.25, 0.3) is 22.3 Å². The minimum absolute atomic E-state index is 0.0149. The first-order chi connectivity index (χ1) is 19.5. The maximum atomic E-state index is 13.2. The zero-order chi connectivity index (χ0) is 29.6. The van der Waals surface area contributed by atoms with Crippen LogP contribution in [0.3, 0.4) is 0 Å². The fourth-order valence-corrected chi connectivity index (χ4v) is 5.03. The lowest BCUT2D eigenvalue weighted by atomic mass is 9.91. The molecule has 0 bridgehead atoms. The molecule has 14 nitrogen and oxygen atoms in total. The van der Waals surface area contributed by atoms with Crippen LogP contribution in [0.4, 0.5) is 0 Å². The number of rotatable bonds is 6. The molecular weight excluding hydrogens is 548 g/mol. The molecule has 0 spiro atoms. The Balaban J connectivity index is 1.57. The maximum absolute atomic E-state index is 13.2. The number of aromatic hydroxyl groups is 2. The van der Waals surface area contributed by atoms with E-state index >= 15 is 0 Å². The van der Waals surface area contributed by atoms with Crippen LogP contribution in [0, 0.1) is 0 Å². The Kier molecular flexibility index (Phi) is 8.20. The minimum atomic E-state index is -1.84. The number of methoxy groups -OCH3 is 1. The van der Waals surface area contributed by atoms with Crippen molar-refractivity contribution in [3.05, 3.63) is 52.2 Å². The Bertz CT molecular complexity index is 1440. The zero-order valence-electron chi connectivity index (χ0n) is 21.6. The summed E-state index contributed by atoms with van der Waals surface area (Å²) in [6.07, 6.45) is -14.5. The number of benzene rings is 2. The third-order valence-corrected chi connectivity index (χ3v) is 7.27. The van der Waals surface area contributed by atoms with Gasteiger partial charge in [0.05, 0.1) is 25.9 Å². The van der Waals surface area contributed by atoms with Crippen LogP contribution in [0.2, 0.25) is 0 Å². The van der Waals surface area contributed by atoms with Gasteiger partial charge in [0.2, 0.25) is 0 Å². The summed E-state index contributed by atoms with van der Waals surface area (Å²) in [6.45, 7) is -1.16. The molecule has 41 heavy (non-hydrogen) atoms. The Morgan fingerprint density at radius 2 is 1.66 bits per heavy atom.